The molecule has 3 aromatic carbocycles. The number of hydrogen-bond donors (Lipinski definition) is 2. The highest BCUT2D eigenvalue weighted by Crippen LogP contribution is 2.34. The molecule has 1 aliphatic carbocycles. The van der Waals surface area contributed by atoms with Gasteiger partial charge in [0.2, 0.25) is 0 Å². The lowest BCUT2D eigenvalue weighted by atomic mass is 9.87. The first-order chi connectivity index (χ1) is 22.7. The van der Waals surface area contributed by atoms with Gasteiger partial charge < -0.3 is 15.5 Å². The van der Waals surface area contributed by atoms with Gasteiger partial charge in [0.1, 0.15) is 0 Å². The molecule has 0 aliphatic heterocycles. The number of fused-ring (bicyclic) bond motifs is 1. The first kappa shape index (κ1) is 34.2. The fraction of sp³-hybridized carbons (Fsp3) is 0.375. The number of nitrogens with zero attached hydrogens (tertiary/aromatic N) is 2. The summed E-state index contributed by atoms with van der Waals surface area (Å²) in [7, 11) is 0. The van der Waals surface area contributed by atoms with Crippen molar-refractivity contribution in [3.05, 3.63) is 113 Å². The van der Waals surface area contributed by atoms with Gasteiger partial charge in [-0.2, -0.15) is 11.8 Å². The van der Waals surface area contributed by atoms with E-state index in [1.807, 2.05) is 54.2 Å². The molecule has 1 unspecified atom stereocenters. The van der Waals surface area contributed by atoms with Crippen LogP contribution >= 0.6 is 11.8 Å². The Bertz CT molecular complexity index is 1700. The zero-order valence-electron chi connectivity index (χ0n) is 28.4. The molecule has 0 fully saturated rings. The predicted octanol–water partition coefficient (Wildman–Crippen LogP) is 9.47. The lowest BCUT2D eigenvalue weighted by molar-refractivity contribution is 0.0932. The molecule has 0 radical (unpaired) electrons. The van der Waals surface area contributed by atoms with Crippen LogP contribution in [0.15, 0.2) is 85.1 Å². The van der Waals surface area contributed by atoms with Gasteiger partial charge in [0.15, 0.2) is 0 Å². The molecule has 2 N–H and O–H groups in total. The van der Waals surface area contributed by atoms with Crippen molar-refractivity contribution >= 4 is 35.0 Å². The third-order valence-electron chi connectivity index (χ3n) is 9.02. The van der Waals surface area contributed by atoms with Crippen molar-refractivity contribution in [2.24, 2.45) is 0 Å². The number of anilines is 2. The van der Waals surface area contributed by atoms with Gasteiger partial charge in [0.05, 0.1) is 17.4 Å². The van der Waals surface area contributed by atoms with Crippen molar-refractivity contribution in [3.63, 3.8) is 0 Å². The molecule has 0 spiro atoms. The maximum Gasteiger partial charge on any atom is 0.255 e. The van der Waals surface area contributed by atoms with Crippen LogP contribution in [0.25, 0.3) is 11.3 Å². The fourth-order valence-electron chi connectivity index (χ4n) is 6.45. The smallest absolute Gasteiger partial charge is 0.255 e. The van der Waals surface area contributed by atoms with Crippen LogP contribution in [0.4, 0.5) is 11.4 Å². The largest absolute Gasteiger partial charge is 0.372 e. The molecule has 6 nitrogen and oxygen atoms in total. The van der Waals surface area contributed by atoms with Gasteiger partial charge in [-0.05, 0) is 98.7 Å². The van der Waals surface area contributed by atoms with Gasteiger partial charge in [-0.3, -0.25) is 14.6 Å². The third-order valence-corrected chi connectivity index (χ3v) is 10.5. The van der Waals surface area contributed by atoms with E-state index in [0.29, 0.717) is 22.5 Å². The standard InChI is InChI=1S/C40H48N4O2S/c1-6-22-40(4,5)47-27-28-13-11-16-30(24-28)38(45)43-36-20-19-32(44(7-2)8-3)26-34(36)37-25-31(21-23-41-37)39(46)42-35-18-12-15-29-14-9-10-17-33(29)35/h9-11,13-14,16-17,19-21,23-26,35H,6-8,12,15,18,22,27H2,1-5H3,(H,42,46)(H,43,45). The summed E-state index contributed by atoms with van der Waals surface area (Å²) in [5.74, 6) is 0.549. The van der Waals surface area contributed by atoms with E-state index in [1.54, 1.807) is 12.3 Å². The van der Waals surface area contributed by atoms with E-state index in [2.05, 4.69) is 80.5 Å². The van der Waals surface area contributed by atoms with Crippen molar-refractivity contribution in [1.82, 2.24) is 10.3 Å². The molecule has 7 heteroatoms. The molecule has 0 saturated carbocycles. The molecule has 0 saturated heterocycles. The summed E-state index contributed by atoms with van der Waals surface area (Å²) >= 11 is 1.92. The van der Waals surface area contributed by atoms with Gasteiger partial charge >= 0.3 is 0 Å². The number of aryl methyl sites for hydroxylation is 1. The first-order valence-electron chi connectivity index (χ1n) is 17.0. The number of carbonyl (C=O) groups is 2. The molecular weight excluding hydrogens is 601 g/mol. The lowest BCUT2D eigenvalue weighted by Crippen LogP contribution is -2.31. The monoisotopic (exact) mass is 648 g/mol. The molecule has 2 amide bonds. The maximum atomic E-state index is 13.7. The van der Waals surface area contributed by atoms with E-state index in [0.717, 1.165) is 67.8 Å². The summed E-state index contributed by atoms with van der Waals surface area (Å²) in [5.41, 5.74) is 7.88. The molecular formula is C40H48N4O2S. The Morgan fingerprint density at radius 2 is 1.70 bits per heavy atom. The minimum atomic E-state index is -0.175. The van der Waals surface area contributed by atoms with E-state index in [1.165, 1.54) is 11.1 Å². The second-order valence-electron chi connectivity index (χ2n) is 12.9. The van der Waals surface area contributed by atoms with Crippen LogP contribution < -0.4 is 15.5 Å². The van der Waals surface area contributed by atoms with Crippen LogP contribution in [0.1, 0.15) is 104 Å². The van der Waals surface area contributed by atoms with Gasteiger partial charge in [-0.15, -0.1) is 0 Å². The summed E-state index contributed by atoms with van der Waals surface area (Å²) in [4.78, 5) is 34.2. The summed E-state index contributed by atoms with van der Waals surface area (Å²) in [6.07, 6.45) is 6.98. The summed E-state index contributed by atoms with van der Waals surface area (Å²) < 4.78 is 0.188. The lowest BCUT2D eigenvalue weighted by Gasteiger charge is -2.26. The number of thioether (sulfide) groups is 1. The van der Waals surface area contributed by atoms with Crippen LogP contribution in [0.5, 0.6) is 0 Å². The van der Waals surface area contributed by atoms with E-state index in [-0.39, 0.29) is 22.6 Å². The van der Waals surface area contributed by atoms with Crippen LogP contribution in [0.3, 0.4) is 0 Å². The molecule has 1 aliphatic rings. The number of carbonyl (C=O) groups excluding carboxylic acids is 2. The highest BCUT2D eigenvalue weighted by atomic mass is 32.2. The number of amides is 2. The number of hydrogen-bond acceptors (Lipinski definition) is 5. The highest BCUT2D eigenvalue weighted by molar-refractivity contribution is 7.99. The molecule has 1 aromatic heterocycles. The fourth-order valence-corrected chi connectivity index (χ4v) is 7.54. The number of pyridine rings is 1. The normalized spacial score (nSPS) is 14.3. The van der Waals surface area contributed by atoms with Crippen molar-refractivity contribution in [1.29, 1.82) is 0 Å². The van der Waals surface area contributed by atoms with E-state index < -0.39 is 0 Å². The Morgan fingerprint density at radius 1 is 0.915 bits per heavy atom. The molecule has 1 atom stereocenters. The van der Waals surface area contributed by atoms with Crippen molar-refractivity contribution in [2.45, 2.75) is 83.3 Å². The molecule has 4 aromatic rings. The molecule has 1 heterocycles. The van der Waals surface area contributed by atoms with Crippen LogP contribution in [-0.2, 0) is 12.2 Å². The zero-order chi connectivity index (χ0) is 33.4. The molecule has 5 rings (SSSR count). The minimum absolute atomic E-state index is 0.0169. The van der Waals surface area contributed by atoms with Crippen LogP contribution in [0.2, 0.25) is 0 Å². The van der Waals surface area contributed by atoms with Crippen LogP contribution in [-0.4, -0.2) is 34.6 Å². The Hall–Kier alpha value is -4.10. The Labute approximate surface area is 284 Å². The summed E-state index contributed by atoms with van der Waals surface area (Å²) in [6, 6.07) is 25.9. The summed E-state index contributed by atoms with van der Waals surface area (Å²) in [6.45, 7) is 12.7. The second-order valence-corrected chi connectivity index (χ2v) is 14.6. The first-order valence-corrected chi connectivity index (χ1v) is 18.0. The minimum Gasteiger partial charge on any atom is -0.372 e. The topological polar surface area (TPSA) is 74.3 Å². The average Bonchev–Trinajstić information content (AvgIpc) is 3.09. The Morgan fingerprint density at radius 3 is 2.49 bits per heavy atom. The van der Waals surface area contributed by atoms with Crippen molar-refractivity contribution < 1.29 is 9.59 Å². The van der Waals surface area contributed by atoms with Gasteiger partial charge in [-0.25, -0.2) is 0 Å². The van der Waals surface area contributed by atoms with E-state index >= 15 is 0 Å². The zero-order valence-corrected chi connectivity index (χ0v) is 29.3. The maximum absolute atomic E-state index is 13.7. The number of benzene rings is 3. The number of rotatable bonds is 13. The molecule has 246 valence electrons. The van der Waals surface area contributed by atoms with E-state index in [4.69, 9.17) is 4.98 Å². The molecule has 0 bridgehead atoms. The van der Waals surface area contributed by atoms with Gasteiger partial charge in [-0.1, -0.05) is 63.6 Å². The van der Waals surface area contributed by atoms with Crippen molar-refractivity contribution in [3.8, 4) is 11.3 Å². The predicted molar refractivity (Wildman–Crippen MR) is 197 cm³/mol. The molecule has 47 heavy (non-hydrogen) atoms. The van der Waals surface area contributed by atoms with E-state index in [9.17, 15) is 9.59 Å². The quantitative estimate of drug-likeness (QED) is 0.151. The van der Waals surface area contributed by atoms with Gasteiger partial charge in [0.25, 0.3) is 11.8 Å². The third kappa shape index (κ3) is 8.63. The number of nitrogens with one attached hydrogen (secondary N) is 2. The Balaban J connectivity index is 1.41. The van der Waals surface area contributed by atoms with Crippen molar-refractivity contribution in [2.75, 3.05) is 23.3 Å². The second kappa shape index (κ2) is 15.7. The van der Waals surface area contributed by atoms with Gasteiger partial charge in [0, 0.05) is 52.2 Å². The Kier molecular flexibility index (Phi) is 11.4. The average molecular weight is 649 g/mol. The number of aromatic nitrogens is 1. The van der Waals surface area contributed by atoms with Crippen LogP contribution in [0, 0.1) is 0 Å². The SMILES string of the molecule is CCCC(C)(C)SCc1cccc(C(=O)Nc2ccc(N(CC)CC)cc2-c2cc(C(=O)NC3CCCc4ccccc43)ccn2)c1. The highest BCUT2D eigenvalue weighted by Gasteiger charge is 2.23. The summed E-state index contributed by atoms with van der Waals surface area (Å²) in [5, 5.41) is 6.44.